The minimum Gasteiger partial charge on any atom is -0.340 e. The van der Waals surface area contributed by atoms with Crippen molar-refractivity contribution in [3.05, 3.63) is 101 Å². The molecule has 36 heavy (non-hydrogen) atoms. The van der Waals surface area contributed by atoms with Crippen molar-refractivity contribution >= 4 is 17.4 Å². The molecular formula is C29H28F2N4O. The van der Waals surface area contributed by atoms with Crippen molar-refractivity contribution in [1.29, 1.82) is 0 Å². The van der Waals surface area contributed by atoms with Gasteiger partial charge >= 0.3 is 0 Å². The number of aryl methyl sites for hydroxylation is 1. The summed E-state index contributed by atoms with van der Waals surface area (Å²) in [4.78, 5) is 20.0. The van der Waals surface area contributed by atoms with Crippen molar-refractivity contribution in [1.82, 2.24) is 14.5 Å². The maximum atomic E-state index is 13.6. The van der Waals surface area contributed by atoms with Gasteiger partial charge in [0, 0.05) is 30.3 Å². The first-order chi connectivity index (χ1) is 17.4. The van der Waals surface area contributed by atoms with Crippen molar-refractivity contribution in [3.8, 4) is 11.3 Å². The standard InChI is InChI=1S/C29H28F2N4O/c1-19-3-13-25(14-4-19)32-28-27(22-7-11-24(31)12-8-22)33-26-18-34(15-16-35(26)28)29(36)20(2)17-21-5-9-23(30)10-6-21/h3-14,20,32H,15-18H2,1-2H3. The van der Waals surface area contributed by atoms with Gasteiger partial charge in [0.25, 0.3) is 0 Å². The number of imidazole rings is 1. The molecule has 0 fully saturated rings. The molecule has 1 atom stereocenters. The summed E-state index contributed by atoms with van der Waals surface area (Å²) < 4.78 is 28.9. The molecule has 1 amide bonds. The largest absolute Gasteiger partial charge is 0.340 e. The number of benzene rings is 3. The van der Waals surface area contributed by atoms with Crippen molar-refractivity contribution in [3.63, 3.8) is 0 Å². The molecule has 1 unspecified atom stereocenters. The third-order valence-corrected chi connectivity index (χ3v) is 6.59. The Bertz CT molecular complexity index is 1360. The first-order valence-electron chi connectivity index (χ1n) is 12.1. The molecule has 0 radical (unpaired) electrons. The van der Waals surface area contributed by atoms with Crippen LogP contribution >= 0.6 is 0 Å². The van der Waals surface area contributed by atoms with Crippen LogP contribution in [0.4, 0.5) is 20.3 Å². The lowest BCUT2D eigenvalue weighted by molar-refractivity contribution is -0.136. The maximum absolute atomic E-state index is 13.6. The van der Waals surface area contributed by atoms with E-state index >= 15 is 0 Å². The van der Waals surface area contributed by atoms with E-state index in [9.17, 15) is 13.6 Å². The van der Waals surface area contributed by atoms with Gasteiger partial charge in [0.15, 0.2) is 0 Å². The monoisotopic (exact) mass is 486 g/mol. The second kappa shape index (κ2) is 9.93. The highest BCUT2D eigenvalue weighted by molar-refractivity contribution is 5.80. The van der Waals surface area contributed by atoms with E-state index in [0.717, 1.165) is 34.2 Å². The number of fused-ring (bicyclic) bond motifs is 1. The van der Waals surface area contributed by atoms with E-state index in [1.165, 1.54) is 29.8 Å². The SMILES string of the molecule is Cc1ccc(Nc2c(-c3ccc(F)cc3)nc3n2CCN(C(=O)C(C)Cc2ccc(F)cc2)C3)cc1. The highest BCUT2D eigenvalue weighted by atomic mass is 19.1. The van der Waals surface area contributed by atoms with Crippen molar-refractivity contribution in [2.24, 2.45) is 5.92 Å². The Morgan fingerprint density at radius 2 is 1.58 bits per heavy atom. The predicted octanol–water partition coefficient (Wildman–Crippen LogP) is 6.10. The number of nitrogens with one attached hydrogen (secondary N) is 1. The fourth-order valence-electron chi connectivity index (χ4n) is 4.60. The van der Waals surface area contributed by atoms with Crippen LogP contribution in [0.1, 0.15) is 23.9 Å². The first kappa shape index (κ1) is 23.7. The van der Waals surface area contributed by atoms with Gasteiger partial charge in [-0.1, -0.05) is 36.8 Å². The zero-order chi connectivity index (χ0) is 25.2. The topological polar surface area (TPSA) is 50.2 Å². The first-order valence-corrected chi connectivity index (χ1v) is 12.1. The van der Waals surface area contributed by atoms with E-state index < -0.39 is 0 Å². The van der Waals surface area contributed by atoms with Crippen LogP contribution in [0.15, 0.2) is 72.8 Å². The number of hydrogen-bond acceptors (Lipinski definition) is 3. The molecule has 1 N–H and O–H groups in total. The van der Waals surface area contributed by atoms with E-state index in [2.05, 4.69) is 9.88 Å². The van der Waals surface area contributed by atoms with E-state index in [1.807, 2.05) is 43.0 Å². The molecule has 5 nitrogen and oxygen atoms in total. The summed E-state index contributed by atoms with van der Waals surface area (Å²) >= 11 is 0. The van der Waals surface area contributed by atoms with Crippen LogP contribution in [0.2, 0.25) is 0 Å². The Morgan fingerprint density at radius 3 is 2.25 bits per heavy atom. The number of halogens is 2. The number of rotatable bonds is 6. The fraction of sp³-hybridized carbons (Fsp3) is 0.241. The van der Waals surface area contributed by atoms with Gasteiger partial charge in [-0.05, 0) is 67.4 Å². The molecule has 1 aromatic heterocycles. The lowest BCUT2D eigenvalue weighted by Gasteiger charge is -2.30. The number of carbonyl (C=O) groups is 1. The summed E-state index contributed by atoms with van der Waals surface area (Å²) in [6, 6.07) is 20.7. The van der Waals surface area contributed by atoms with E-state index in [1.54, 1.807) is 24.3 Å². The van der Waals surface area contributed by atoms with Crippen molar-refractivity contribution in [2.75, 3.05) is 11.9 Å². The molecule has 7 heteroatoms. The summed E-state index contributed by atoms with van der Waals surface area (Å²) in [5.41, 5.74) is 4.55. The molecule has 184 valence electrons. The van der Waals surface area contributed by atoms with Crippen LogP contribution in [-0.2, 0) is 24.3 Å². The second-order valence-corrected chi connectivity index (χ2v) is 9.37. The number of amides is 1. The highest BCUT2D eigenvalue weighted by Gasteiger charge is 2.29. The summed E-state index contributed by atoms with van der Waals surface area (Å²) in [5.74, 6) is 0.823. The van der Waals surface area contributed by atoms with Gasteiger partial charge in [-0.15, -0.1) is 0 Å². The third kappa shape index (κ3) is 5.00. The molecule has 5 rings (SSSR count). The maximum Gasteiger partial charge on any atom is 0.226 e. The van der Waals surface area contributed by atoms with Gasteiger partial charge in [-0.3, -0.25) is 4.79 Å². The molecule has 2 heterocycles. The van der Waals surface area contributed by atoms with Crippen molar-refractivity contribution in [2.45, 2.75) is 33.4 Å². The van der Waals surface area contributed by atoms with Gasteiger partial charge < -0.3 is 14.8 Å². The average molecular weight is 487 g/mol. The number of nitrogens with zero attached hydrogens (tertiary/aromatic N) is 3. The zero-order valence-corrected chi connectivity index (χ0v) is 20.3. The summed E-state index contributed by atoms with van der Waals surface area (Å²) in [5, 5.41) is 3.50. The molecule has 0 aliphatic carbocycles. The normalized spacial score (nSPS) is 13.8. The lowest BCUT2D eigenvalue weighted by atomic mass is 9.99. The van der Waals surface area contributed by atoms with E-state index in [0.29, 0.717) is 26.1 Å². The van der Waals surface area contributed by atoms with Gasteiger partial charge in [-0.2, -0.15) is 0 Å². The lowest BCUT2D eigenvalue weighted by Crippen LogP contribution is -2.41. The number of carbonyl (C=O) groups excluding carboxylic acids is 1. The zero-order valence-electron chi connectivity index (χ0n) is 20.3. The van der Waals surface area contributed by atoms with Crippen LogP contribution < -0.4 is 5.32 Å². The van der Waals surface area contributed by atoms with Gasteiger partial charge in [-0.25, -0.2) is 13.8 Å². The fourth-order valence-corrected chi connectivity index (χ4v) is 4.60. The Labute approximate surface area is 209 Å². The summed E-state index contributed by atoms with van der Waals surface area (Å²) in [6.07, 6.45) is 0.547. The Balaban J connectivity index is 1.41. The average Bonchev–Trinajstić information content (AvgIpc) is 3.24. The molecule has 0 saturated heterocycles. The molecular weight excluding hydrogens is 458 g/mol. The van der Waals surface area contributed by atoms with Crippen LogP contribution in [-0.4, -0.2) is 26.9 Å². The van der Waals surface area contributed by atoms with Crippen LogP contribution in [0.25, 0.3) is 11.3 Å². The smallest absolute Gasteiger partial charge is 0.226 e. The minimum absolute atomic E-state index is 0.0463. The molecule has 3 aromatic carbocycles. The van der Waals surface area contributed by atoms with Gasteiger partial charge in [0.2, 0.25) is 5.91 Å². The van der Waals surface area contributed by atoms with Gasteiger partial charge in [0.1, 0.15) is 29.0 Å². The minimum atomic E-state index is -0.303. The third-order valence-electron chi connectivity index (χ3n) is 6.59. The van der Waals surface area contributed by atoms with Gasteiger partial charge in [0.05, 0.1) is 6.54 Å². The number of anilines is 2. The Kier molecular flexibility index (Phi) is 6.55. The summed E-state index contributed by atoms with van der Waals surface area (Å²) in [6.45, 7) is 5.47. The molecule has 0 bridgehead atoms. The quantitative estimate of drug-likeness (QED) is 0.358. The summed E-state index contributed by atoms with van der Waals surface area (Å²) in [7, 11) is 0. The number of aromatic nitrogens is 2. The highest BCUT2D eigenvalue weighted by Crippen LogP contribution is 2.33. The van der Waals surface area contributed by atoms with Crippen molar-refractivity contribution < 1.29 is 13.6 Å². The van der Waals surface area contributed by atoms with Crippen LogP contribution in [0, 0.1) is 24.5 Å². The molecule has 1 aliphatic heterocycles. The Hall–Kier alpha value is -4.00. The predicted molar refractivity (Wildman–Crippen MR) is 137 cm³/mol. The molecule has 1 aliphatic rings. The number of hydrogen-bond donors (Lipinski definition) is 1. The molecule has 4 aromatic rings. The van der Waals surface area contributed by atoms with E-state index in [4.69, 9.17) is 4.98 Å². The second-order valence-electron chi connectivity index (χ2n) is 9.37. The van der Waals surface area contributed by atoms with Crippen LogP contribution in [0.3, 0.4) is 0 Å². The van der Waals surface area contributed by atoms with E-state index in [-0.39, 0.29) is 23.5 Å². The molecule has 0 spiro atoms. The Morgan fingerprint density at radius 1 is 0.944 bits per heavy atom. The van der Waals surface area contributed by atoms with Crippen LogP contribution in [0.5, 0.6) is 0 Å². The molecule has 0 saturated carbocycles.